The van der Waals surface area contributed by atoms with E-state index in [1.54, 1.807) is 13.8 Å². The summed E-state index contributed by atoms with van der Waals surface area (Å²) in [5.41, 5.74) is -1.16. The second kappa shape index (κ2) is 4.35. The van der Waals surface area contributed by atoms with E-state index >= 15 is 0 Å². The number of nitrogens with one attached hydrogen (secondary N) is 1. The van der Waals surface area contributed by atoms with Crippen LogP contribution in [0.2, 0.25) is 0 Å². The Hall–Kier alpha value is -1.43. The standard InChI is InChI=1S/C12H19N3O3/c1-12(2)9(16)13-11(18)15(10(12)17)7-8-5-4-6-14(8)3/h8H,4-7H2,1-3H3,(H,13,16,18). The minimum absolute atomic E-state index is 0.198. The first kappa shape index (κ1) is 13.0. The molecule has 100 valence electrons. The zero-order valence-electron chi connectivity index (χ0n) is 11.0. The number of nitrogens with zero attached hydrogens (tertiary/aromatic N) is 2. The molecule has 1 unspecified atom stereocenters. The number of carbonyl (C=O) groups is 3. The van der Waals surface area contributed by atoms with Crippen LogP contribution in [0.1, 0.15) is 26.7 Å². The summed E-state index contributed by atoms with van der Waals surface area (Å²) in [7, 11) is 1.99. The molecule has 0 aliphatic carbocycles. The van der Waals surface area contributed by atoms with E-state index in [0.29, 0.717) is 6.54 Å². The second-order valence-electron chi connectivity index (χ2n) is 5.58. The lowest BCUT2D eigenvalue weighted by Gasteiger charge is -2.36. The Bertz CT molecular complexity index is 405. The van der Waals surface area contributed by atoms with Crippen molar-refractivity contribution in [2.45, 2.75) is 32.7 Å². The Balaban J connectivity index is 2.14. The molecule has 18 heavy (non-hydrogen) atoms. The van der Waals surface area contributed by atoms with E-state index in [4.69, 9.17) is 0 Å². The fourth-order valence-corrected chi connectivity index (χ4v) is 2.43. The van der Waals surface area contributed by atoms with E-state index in [9.17, 15) is 14.4 Å². The molecule has 4 amide bonds. The number of imide groups is 2. The van der Waals surface area contributed by atoms with Gasteiger partial charge >= 0.3 is 6.03 Å². The Kier molecular flexibility index (Phi) is 3.14. The number of likely N-dealkylation sites (N-methyl/N-ethyl adjacent to an activating group) is 1. The van der Waals surface area contributed by atoms with E-state index in [2.05, 4.69) is 10.2 Å². The number of rotatable bonds is 2. The smallest absolute Gasteiger partial charge is 0.302 e. The van der Waals surface area contributed by atoms with Crippen molar-refractivity contribution in [3.63, 3.8) is 0 Å². The van der Waals surface area contributed by atoms with Gasteiger partial charge in [-0.05, 0) is 40.3 Å². The molecule has 6 heteroatoms. The summed E-state index contributed by atoms with van der Waals surface area (Å²) < 4.78 is 0. The maximum absolute atomic E-state index is 12.2. The Morgan fingerprint density at radius 3 is 2.56 bits per heavy atom. The minimum atomic E-state index is -1.16. The molecule has 1 atom stereocenters. The topological polar surface area (TPSA) is 69.7 Å². The van der Waals surface area contributed by atoms with Crippen LogP contribution in [-0.2, 0) is 9.59 Å². The highest BCUT2D eigenvalue weighted by Crippen LogP contribution is 2.25. The van der Waals surface area contributed by atoms with Crippen LogP contribution in [0.5, 0.6) is 0 Å². The van der Waals surface area contributed by atoms with Crippen LogP contribution < -0.4 is 5.32 Å². The lowest BCUT2D eigenvalue weighted by atomic mass is 9.88. The molecule has 0 saturated carbocycles. The van der Waals surface area contributed by atoms with Gasteiger partial charge in [0, 0.05) is 12.6 Å². The SMILES string of the molecule is CN1CCCC1CN1C(=O)NC(=O)C(C)(C)C1=O. The number of carbonyl (C=O) groups excluding carboxylic acids is 3. The third kappa shape index (κ3) is 2.01. The molecule has 1 N–H and O–H groups in total. The Morgan fingerprint density at radius 1 is 1.33 bits per heavy atom. The summed E-state index contributed by atoms with van der Waals surface area (Å²) in [6.45, 7) is 4.43. The van der Waals surface area contributed by atoms with Crippen LogP contribution >= 0.6 is 0 Å². The van der Waals surface area contributed by atoms with Gasteiger partial charge in [0.2, 0.25) is 11.8 Å². The van der Waals surface area contributed by atoms with Gasteiger partial charge in [-0.3, -0.25) is 19.8 Å². The normalized spacial score (nSPS) is 28.7. The van der Waals surface area contributed by atoms with Crippen molar-refractivity contribution in [2.75, 3.05) is 20.1 Å². The largest absolute Gasteiger partial charge is 0.330 e. The molecule has 0 aromatic heterocycles. The van der Waals surface area contributed by atoms with Crippen molar-refractivity contribution in [1.82, 2.24) is 15.1 Å². The zero-order valence-corrected chi connectivity index (χ0v) is 11.0. The molecule has 2 aliphatic heterocycles. The maximum atomic E-state index is 12.2. The maximum Gasteiger partial charge on any atom is 0.330 e. The molecule has 2 saturated heterocycles. The summed E-state index contributed by atoms with van der Waals surface area (Å²) in [4.78, 5) is 38.9. The lowest BCUT2D eigenvalue weighted by molar-refractivity contribution is -0.149. The van der Waals surface area contributed by atoms with Crippen molar-refractivity contribution in [3.05, 3.63) is 0 Å². The van der Waals surface area contributed by atoms with E-state index in [1.165, 1.54) is 4.90 Å². The number of likely N-dealkylation sites (tertiary alicyclic amines) is 1. The van der Waals surface area contributed by atoms with Crippen LogP contribution in [0.3, 0.4) is 0 Å². The van der Waals surface area contributed by atoms with E-state index in [-0.39, 0.29) is 6.04 Å². The highest BCUT2D eigenvalue weighted by Gasteiger charge is 2.47. The molecule has 0 aromatic rings. The van der Waals surface area contributed by atoms with Gasteiger partial charge in [-0.15, -0.1) is 0 Å². The number of hydrogen-bond acceptors (Lipinski definition) is 4. The molecule has 2 rings (SSSR count). The molecular weight excluding hydrogens is 234 g/mol. The van der Waals surface area contributed by atoms with Crippen LogP contribution in [-0.4, -0.2) is 53.8 Å². The van der Waals surface area contributed by atoms with Gasteiger partial charge in [0.1, 0.15) is 5.41 Å². The average Bonchev–Trinajstić information content (AvgIpc) is 2.68. The summed E-state index contributed by atoms with van der Waals surface area (Å²) in [5, 5.41) is 2.25. The summed E-state index contributed by atoms with van der Waals surface area (Å²) >= 11 is 0. The van der Waals surface area contributed by atoms with E-state index in [1.807, 2.05) is 7.05 Å². The molecule has 2 fully saturated rings. The lowest BCUT2D eigenvalue weighted by Crippen LogP contribution is -2.63. The molecule has 6 nitrogen and oxygen atoms in total. The first-order valence-corrected chi connectivity index (χ1v) is 6.21. The number of urea groups is 1. The molecule has 2 heterocycles. The fourth-order valence-electron chi connectivity index (χ4n) is 2.43. The molecule has 0 bridgehead atoms. The third-order valence-electron chi connectivity index (χ3n) is 3.88. The van der Waals surface area contributed by atoms with Gasteiger partial charge in [0.05, 0.1) is 0 Å². The second-order valence-corrected chi connectivity index (χ2v) is 5.58. The summed E-state index contributed by atoms with van der Waals surface area (Å²) in [6.07, 6.45) is 2.05. The summed E-state index contributed by atoms with van der Waals surface area (Å²) in [6, 6.07) is -0.395. The minimum Gasteiger partial charge on any atom is -0.302 e. The van der Waals surface area contributed by atoms with Crippen molar-refractivity contribution < 1.29 is 14.4 Å². The predicted octanol–water partition coefficient (Wildman–Crippen LogP) is 0.185. The fraction of sp³-hybridized carbons (Fsp3) is 0.750. The number of barbiturate groups is 1. The first-order chi connectivity index (χ1) is 8.34. The molecule has 0 aromatic carbocycles. The van der Waals surface area contributed by atoms with Gasteiger partial charge in [-0.1, -0.05) is 0 Å². The Labute approximate surface area is 106 Å². The monoisotopic (exact) mass is 253 g/mol. The third-order valence-corrected chi connectivity index (χ3v) is 3.88. The van der Waals surface area contributed by atoms with Crippen molar-refractivity contribution >= 4 is 17.8 Å². The molecule has 0 radical (unpaired) electrons. The number of amides is 4. The van der Waals surface area contributed by atoms with Crippen LogP contribution in [0, 0.1) is 5.41 Å². The van der Waals surface area contributed by atoms with Gasteiger partial charge < -0.3 is 4.90 Å². The van der Waals surface area contributed by atoms with Crippen molar-refractivity contribution in [2.24, 2.45) is 5.41 Å². The zero-order chi connectivity index (χ0) is 13.5. The van der Waals surface area contributed by atoms with E-state index < -0.39 is 23.3 Å². The van der Waals surface area contributed by atoms with Crippen molar-refractivity contribution in [1.29, 1.82) is 0 Å². The van der Waals surface area contributed by atoms with Crippen LogP contribution in [0.15, 0.2) is 0 Å². The highest BCUT2D eigenvalue weighted by atomic mass is 16.2. The average molecular weight is 253 g/mol. The van der Waals surface area contributed by atoms with Crippen LogP contribution in [0.4, 0.5) is 4.79 Å². The highest BCUT2D eigenvalue weighted by molar-refractivity contribution is 6.18. The van der Waals surface area contributed by atoms with Gasteiger partial charge in [-0.25, -0.2) is 4.79 Å². The van der Waals surface area contributed by atoms with Gasteiger partial charge in [-0.2, -0.15) is 0 Å². The first-order valence-electron chi connectivity index (χ1n) is 6.21. The molecule has 2 aliphatic rings. The van der Waals surface area contributed by atoms with E-state index in [0.717, 1.165) is 19.4 Å². The van der Waals surface area contributed by atoms with Gasteiger partial charge in [0.25, 0.3) is 0 Å². The predicted molar refractivity (Wildman–Crippen MR) is 64.7 cm³/mol. The Morgan fingerprint density at radius 2 is 2.00 bits per heavy atom. The number of hydrogen-bond donors (Lipinski definition) is 1. The van der Waals surface area contributed by atoms with Crippen molar-refractivity contribution in [3.8, 4) is 0 Å². The van der Waals surface area contributed by atoms with Gasteiger partial charge in [0.15, 0.2) is 0 Å². The summed E-state index contributed by atoms with van der Waals surface area (Å²) in [5.74, 6) is -0.926. The van der Waals surface area contributed by atoms with Crippen LogP contribution in [0.25, 0.3) is 0 Å². The quantitative estimate of drug-likeness (QED) is 0.713. The molecular formula is C12H19N3O3. The molecule has 0 spiro atoms.